The number of benzene rings is 4. The van der Waals surface area contributed by atoms with Crippen molar-refractivity contribution in [1.29, 1.82) is 0 Å². The zero-order valence-electron chi connectivity index (χ0n) is 25.5. The molecule has 0 unspecified atom stereocenters. The lowest BCUT2D eigenvalue weighted by Gasteiger charge is -2.11. The van der Waals surface area contributed by atoms with Crippen molar-refractivity contribution >= 4 is 27.6 Å². The highest BCUT2D eigenvalue weighted by molar-refractivity contribution is 5.81. The number of aromatic nitrogens is 2. The quantitative estimate of drug-likeness (QED) is 0.142. The maximum atomic E-state index is 12.5. The molecule has 0 aliphatic rings. The van der Waals surface area contributed by atoms with E-state index < -0.39 is 16.4 Å². The fourth-order valence-corrected chi connectivity index (χ4v) is 4.77. The number of ether oxygens (including phenoxy) is 4. The zero-order valence-corrected chi connectivity index (χ0v) is 25.5. The van der Waals surface area contributed by atoms with Crippen LogP contribution in [-0.2, 0) is 0 Å². The molecule has 0 aliphatic carbocycles. The molecule has 0 amide bonds. The normalized spacial score (nSPS) is 10.6. The van der Waals surface area contributed by atoms with Gasteiger partial charge < -0.3 is 27.8 Å². The van der Waals surface area contributed by atoms with Crippen LogP contribution in [0, 0.1) is 17.0 Å². The molecule has 0 N–H and O–H groups in total. The van der Waals surface area contributed by atoms with E-state index in [-0.39, 0.29) is 11.3 Å². The molecule has 2 aromatic heterocycles. The number of aryl methyl sites for hydroxylation is 1. The number of hydrogen-bond donors (Lipinski definition) is 0. The number of hydrogen-bond acceptors (Lipinski definition) is 10. The highest BCUT2D eigenvalue weighted by atomic mass is 16.6. The Labute approximate surface area is 261 Å². The van der Waals surface area contributed by atoms with Gasteiger partial charge in [0.2, 0.25) is 17.1 Å². The zero-order chi connectivity index (χ0) is 33.0. The Hall–Kier alpha value is -6.24. The number of non-ortho nitro benzene ring substituents is 1. The van der Waals surface area contributed by atoms with Crippen molar-refractivity contribution in [2.24, 2.45) is 0 Å². The van der Waals surface area contributed by atoms with Gasteiger partial charge in [-0.2, -0.15) is 9.59 Å². The first-order valence-electron chi connectivity index (χ1n) is 13.7. The molecule has 0 saturated carbocycles. The fourth-order valence-electron chi connectivity index (χ4n) is 4.77. The molecule has 2 heterocycles. The molecule has 0 bridgehead atoms. The highest BCUT2D eigenvalue weighted by Crippen LogP contribution is 2.38. The second kappa shape index (κ2) is 13.2. The largest absolute Gasteiger partial charge is 0.608 e. The third kappa shape index (κ3) is 6.19. The number of fused-ring (bicyclic) bond motifs is 2. The summed E-state index contributed by atoms with van der Waals surface area (Å²) in [5.41, 5.74) is 2.40. The van der Waals surface area contributed by atoms with Crippen molar-refractivity contribution in [1.82, 2.24) is 0 Å². The van der Waals surface area contributed by atoms with Gasteiger partial charge in [-0.25, -0.2) is 0 Å². The monoisotopic (exact) mass is 627 g/mol. The Morgan fingerprint density at radius 3 is 1.91 bits per heavy atom. The van der Waals surface area contributed by atoms with E-state index in [9.17, 15) is 19.7 Å². The molecular weight excluding hydrogens is 598 g/mol. The van der Waals surface area contributed by atoms with Crippen molar-refractivity contribution in [3.63, 3.8) is 0 Å². The van der Waals surface area contributed by atoms with Crippen LogP contribution in [0.5, 0.6) is 23.0 Å². The lowest BCUT2D eigenvalue weighted by Crippen LogP contribution is -2.46. The Bertz CT molecular complexity index is 2170. The van der Waals surface area contributed by atoms with E-state index in [4.69, 9.17) is 27.8 Å². The number of rotatable bonds is 7. The van der Waals surface area contributed by atoms with Gasteiger partial charge in [0.05, 0.1) is 56.3 Å². The molecule has 0 saturated heterocycles. The van der Waals surface area contributed by atoms with Gasteiger partial charge in [-0.05, 0) is 36.8 Å². The maximum Gasteiger partial charge on any atom is 0.608 e. The summed E-state index contributed by atoms with van der Waals surface area (Å²) in [5, 5.41) is 12.4. The van der Waals surface area contributed by atoms with E-state index in [2.05, 4.69) is 0 Å². The van der Waals surface area contributed by atoms with E-state index in [0.29, 0.717) is 39.5 Å². The van der Waals surface area contributed by atoms with Gasteiger partial charge in [-0.1, -0.05) is 21.3 Å². The molecule has 46 heavy (non-hydrogen) atoms. The summed E-state index contributed by atoms with van der Waals surface area (Å²) >= 11 is 0. The first-order valence-corrected chi connectivity index (χ1v) is 13.7. The van der Waals surface area contributed by atoms with Crippen LogP contribution in [-0.4, -0.2) is 33.4 Å². The maximum absolute atomic E-state index is 12.5. The van der Waals surface area contributed by atoms with E-state index in [1.807, 2.05) is 30.3 Å². The van der Waals surface area contributed by atoms with E-state index >= 15 is 0 Å². The van der Waals surface area contributed by atoms with Crippen LogP contribution in [0.15, 0.2) is 104 Å². The van der Waals surface area contributed by atoms with Crippen molar-refractivity contribution < 1.29 is 41.8 Å². The summed E-state index contributed by atoms with van der Waals surface area (Å²) < 4.78 is 34.3. The van der Waals surface area contributed by atoms with Gasteiger partial charge in [0, 0.05) is 24.3 Å². The fraction of sp³-hybridized carbons (Fsp3) is 0.152. The molecule has 0 atom stereocenters. The first-order chi connectivity index (χ1) is 22.2. The molecule has 0 fully saturated rings. The molecule has 4 aromatic carbocycles. The summed E-state index contributed by atoms with van der Waals surface area (Å²) in [6, 6.07) is 20.5. The summed E-state index contributed by atoms with van der Waals surface area (Å²) in [4.78, 5) is 35.1. The minimum atomic E-state index is -0.659. The van der Waals surface area contributed by atoms with Crippen LogP contribution in [0.4, 0.5) is 5.69 Å². The molecular formula is C33H29N3O10+2. The Morgan fingerprint density at radius 2 is 1.30 bits per heavy atom. The van der Waals surface area contributed by atoms with Gasteiger partial charge in [0.1, 0.15) is 5.75 Å². The summed E-state index contributed by atoms with van der Waals surface area (Å²) in [7, 11) is 5.99. The summed E-state index contributed by atoms with van der Waals surface area (Å²) in [6.07, 6.45) is 3.24. The van der Waals surface area contributed by atoms with Gasteiger partial charge in [0.15, 0.2) is 35.1 Å². The van der Waals surface area contributed by atoms with E-state index in [1.165, 1.54) is 48.8 Å². The minimum Gasteiger partial charge on any atom is -0.497 e. The predicted molar refractivity (Wildman–Crippen MR) is 166 cm³/mol. The van der Waals surface area contributed by atoms with Crippen LogP contribution in [0.2, 0.25) is 0 Å². The average molecular weight is 628 g/mol. The molecule has 6 aromatic rings. The predicted octanol–water partition coefficient (Wildman–Crippen LogP) is 4.39. The molecule has 234 valence electrons. The minimum absolute atomic E-state index is 0.0923. The molecule has 0 radical (unpaired) electrons. The lowest BCUT2D eigenvalue weighted by atomic mass is 10.1. The second-order valence-corrected chi connectivity index (χ2v) is 9.79. The number of methoxy groups -OCH3 is 4. The van der Waals surface area contributed by atoms with Crippen molar-refractivity contribution in [2.75, 3.05) is 28.4 Å². The van der Waals surface area contributed by atoms with Crippen LogP contribution in [0.1, 0.15) is 5.56 Å². The van der Waals surface area contributed by atoms with Crippen LogP contribution in [0.25, 0.3) is 33.3 Å². The number of nitro benzene ring substituents is 1. The lowest BCUT2D eigenvalue weighted by molar-refractivity contribution is -0.623. The topological polar surface area (TPSA) is 148 Å². The Balaban J connectivity index is 0.000000192. The Kier molecular flexibility index (Phi) is 8.94. The highest BCUT2D eigenvalue weighted by Gasteiger charge is 2.24. The van der Waals surface area contributed by atoms with Crippen LogP contribution < -0.4 is 39.6 Å². The number of para-hydroxylation sites is 1. The summed E-state index contributed by atoms with van der Waals surface area (Å²) in [6.45, 7) is 1.64. The van der Waals surface area contributed by atoms with Gasteiger partial charge in [-0.15, -0.1) is 0 Å². The molecule has 0 aliphatic heterocycles. The molecule has 6 rings (SSSR count). The SMILES string of the molecule is COc1cc(-[n+]2cc3cc([N+](=O)[O-])cc(C)c3oc2=O)cc(OC)c1OC.COc1ccc(-[n+]2cc3ccccc3oc2=O)cc1. The summed E-state index contributed by atoms with van der Waals surface area (Å²) in [5.74, 6) is 0.760. The van der Waals surface area contributed by atoms with Crippen molar-refractivity contribution in [3.8, 4) is 34.4 Å². The third-order valence-electron chi connectivity index (χ3n) is 7.01. The molecule has 13 heteroatoms. The average Bonchev–Trinajstić information content (AvgIpc) is 3.07. The number of nitro groups is 1. The Morgan fingerprint density at radius 1 is 0.696 bits per heavy atom. The standard InChI is InChI=1S/C18H17N2O7.C15H12NO3/c1-10-5-13(20(22)23)6-11-9-19(18(21)27-16(10)11)12-7-14(24-2)17(26-4)15(8-12)25-3;1-18-13-8-6-12(7-9-13)16-10-11-4-2-3-5-14(11)19-15(16)17/h5-9H,1-4H3;2-10H,1H3/q2*+1. The third-order valence-corrected chi connectivity index (χ3v) is 7.01. The van der Waals surface area contributed by atoms with E-state index in [1.54, 1.807) is 50.6 Å². The van der Waals surface area contributed by atoms with Crippen LogP contribution in [0.3, 0.4) is 0 Å². The second-order valence-electron chi connectivity index (χ2n) is 9.79. The van der Waals surface area contributed by atoms with Gasteiger partial charge in [-0.3, -0.25) is 10.1 Å². The van der Waals surface area contributed by atoms with E-state index in [0.717, 1.165) is 16.8 Å². The van der Waals surface area contributed by atoms with Gasteiger partial charge in [0.25, 0.3) is 5.69 Å². The van der Waals surface area contributed by atoms with Crippen molar-refractivity contribution in [3.05, 3.63) is 122 Å². The number of nitrogens with zero attached hydrogens (tertiary/aromatic N) is 3. The smallest absolute Gasteiger partial charge is 0.497 e. The first kappa shape index (κ1) is 31.2. The molecule has 0 spiro atoms. The van der Waals surface area contributed by atoms with Crippen LogP contribution >= 0.6 is 0 Å². The molecule has 13 nitrogen and oxygen atoms in total. The van der Waals surface area contributed by atoms with Gasteiger partial charge >= 0.3 is 11.5 Å². The van der Waals surface area contributed by atoms with Crippen molar-refractivity contribution in [2.45, 2.75) is 6.92 Å².